The molecule has 1 saturated heterocycles. The lowest BCUT2D eigenvalue weighted by Crippen LogP contribution is -2.42. The number of hydrogen-bond donors (Lipinski definition) is 1. The molecule has 0 aromatic heterocycles. The third kappa shape index (κ3) is 3.05. The van der Waals surface area contributed by atoms with Gasteiger partial charge in [-0.25, -0.2) is 0 Å². The summed E-state index contributed by atoms with van der Waals surface area (Å²) in [6.45, 7) is 6.13. The maximum atomic E-state index is 10.9. The van der Waals surface area contributed by atoms with E-state index in [0.717, 1.165) is 12.8 Å². The number of nitrogens with zero attached hydrogens (tertiary/aromatic N) is 1. The van der Waals surface area contributed by atoms with Gasteiger partial charge >= 0.3 is 0 Å². The first-order valence-electron chi connectivity index (χ1n) is 4.69. The second-order valence-corrected chi connectivity index (χ2v) is 2.77. The van der Waals surface area contributed by atoms with Gasteiger partial charge in [0.2, 0.25) is 11.8 Å². The van der Waals surface area contributed by atoms with Crippen molar-refractivity contribution in [3.63, 3.8) is 0 Å². The van der Waals surface area contributed by atoms with E-state index >= 15 is 0 Å². The van der Waals surface area contributed by atoms with Gasteiger partial charge in [0, 0.05) is 13.5 Å². The molecule has 76 valence electrons. The van der Waals surface area contributed by atoms with Crippen LogP contribution in [0.3, 0.4) is 0 Å². The zero-order chi connectivity index (χ0) is 10.4. The predicted octanol–water partition coefficient (Wildman–Crippen LogP) is 0.509. The summed E-state index contributed by atoms with van der Waals surface area (Å²) in [4.78, 5) is 23.2. The molecule has 1 fully saturated rings. The first-order valence-corrected chi connectivity index (χ1v) is 4.69. The molecule has 4 heteroatoms. The van der Waals surface area contributed by atoms with Crippen LogP contribution in [-0.2, 0) is 9.59 Å². The van der Waals surface area contributed by atoms with Crippen LogP contribution in [0, 0.1) is 0 Å². The highest BCUT2D eigenvalue weighted by molar-refractivity contribution is 5.86. The normalized spacial score (nSPS) is 20.5. The van der Waals surface area contributed by atoms with Crippen LogP contribution in [0.15, 0.2) is 0 Å². The van der Waals surface area contributed by atoms with Gasteiger partial charge in [0.05, 0.1) is 0 Å². The van der Waals surface area contributed by atoms with Gasteiger partial charge in [-0.15, -0.1) is 0 Å². The molecule has 2 amide bonds. The van der Waals surface area contributed by atoms with E-state index in [4.69, 9.17) is 5.73 Å². The third-order valence-corrected chi connectivity index (χ3v) is 1.99. The Morgan fingerprint density at radius 3 is 2.23 bits per heavy atom. The van der Waals surface area contributed by atoms with Gasteiger partial charge in [-0.2, -0.15) is 0 Å². The minimum absolute atomic E-state index is 0.0636. The highest BCUT2D eigenvalue weighted by Gasteiger charge is 2.30. The Morgan fingerprint density at radius 2 is 1.92 bits per heavy atom. The molecular weight excluding hydrogens is 168 g/mol. The van der Waals surface area contributed by atoms with Gasteiger partial charge in [-0.05, 0) is 12.8 Å². The molecule has 1 atom stereocenters. The minimum Gasteiger partial charge on any atom is -0.368 e. The summed E-state index contributed by atoms with van der Waals surface area (Å²) in [7, 11) is 0. The quantitative estimate of drug-likeness (QED) is 0.648. The van der Waals surface area contributed by atoms with Gasteiger partial charge in [0.15, 0.2) is 0 Å². The van der Waals surface area contributed by atoms with Gasteiger partial charge in [-0.1, -0.05) is 13.8 Å². The lowest BCUT2D eigenvalue weighted by Gasteiger charge is -2.19. The largest absolute Gasteiger partial charge is 0.368 e. The second kappa shape index (κ2) is 5.56. The maximum Gasteiger partial charge on any atom is 0.240 e. The highest BCUT2D eigenvalue weighted by Crippen LogP contribution is 2.16. The molecule has 1 unspecified atom stereocenters. The summed E-state index contributed by atoms with van der Waals surface area (Å²) in [6, 6.07) is -0.354. The molecule has 0 spiro atoms. The van der Waals surface area contributed by atoms with Crippen LogP contribution in [0.1, 0.15) is 33.6 Å². The first kappa shape index (κ1) is 11.9. The molecule has 1 aliphatic rings. The lowest BCUT2D eigenvalue weighted by atomic mass is 10.2. The molecule has 0 aromatic carbocycles. The van der Waals surface area contributed by atoms with Gasteiger partial charge in [0.25, 0.3) is 0 Å². The monoisotopic (exact) mass is 186 g/mol. The van der Waals surface area contributed by atoms with Crippen molar-refractivity contribution < 1.29 is 9.59 Å². The second-order valence-electron chi connectivity index (χ2n) is 2.77. The van der Waals surface area contributed by atoms with Crippen molar-refractivity contribution in [3.8, 4) is 0 Å². The van der Waals surface area contributed by atoms with E-state index in [9.17, 15) is 9.59 Å². The van der Waals surface area contributed by atoms with Crippen molar-refractivity contribution in [1.82, 2.24) is 4.90 Å². The zero-order valence-corrected chi connectivity index (χ0v) is 8.54. The highest BCUT2D eigenvalue weighted by atomic mass is 16.2. The fraction of sp³-hybridized carbons (Fsp3) is 0.778. The van der Waals surface area contributed by atoms with Crippen molar-refractivity contribution >= 4 is 11.8 Å². The van der Waals surface area contributed by atoms with E-state index in [1.54, 1.807) is 0 Å². The van der Waals surface area contributed by atoms with E-state index in [1.165, 1.54) is 11.8 Å². The Hall–Kier alpha value is -1.06. The smallest absolute Gasteiger partial charge is 0.240 e. The number of likely N-dealkylation sites (tertiary alicyclic amines) is 1. The molecule has 0 aliphatic carbocycles. The van der Waals surface area contributed by atoms with Crippen molar-refractivity contribution in [1.29, 1.82) is 0 Å². The van der Waals surface area contributed by atoms with Crippen molar-refractivity contribution in [2.24, 2.45) is 5.73 Å². The van der Waals surface area contributed by atoms with Crippen molar-refractivity contribution in [2.75, 3.05) is 6.54 Å². The Kier molecular flexibility index (Phi) is 5.11. The Morgan fingerprint density at radius 1 is 1.38 bits per heavy atom. The molecule has 1 rings (SSSR count). The standard InChI is InChI=1S/C7H12N2O2.C2H6/c1-5(10)9-4-2-3-6(9)7(8)11;1-2/h6H,2-4H2,1H3,(H2,8,11);1-2H3. The average molecular weight is 186 g/mol. The topological polar surface area (TPSA) is 63.4 Å². The number of amides is 2. The van der Waals surface area contributed by atoms with Gasteiger partial charge < -0.3 is 10.6 Å². The molecule has 2 N–H and O–H groups in total. The summed E-state index contributed by atoms with van der Waals surface area (Å²) < 4.78 is 0. The van der Waals surface area contributed by atoms with Crippen LogP contribution in [0.5, 0.6) is 0 Å². The van der Waals surface area contributed by atoms with Gasteiger partial charge in [0.1, 0.15) is 6.04 Å². The number of carbonyl (C=O) groups excluding carboxylic acids is 2. The zero-order valence-electron chi connectivity index (χ0n) is 8.54. The first-order chi connectivity index (χ1) is 6.13. The summed E-state index contributed by atoms with van der Waals surface area (Å²) in [5.74, 6) is -0.455. The van der Waals surface area contributed by atoms with Crippen LogP contribution in [0.2, 0.25) is 0 Å². The van der Waals surface area contributed by atoms with E-state index in [-0.39, 0.29) is 11.9 Å². The summed E-state index contributed by atoms with van der Waals surface area (Å²) in [6.07, 6.45) is 1.60. The summed E-state index contributed by atoms with van der Waals surface area (Å²) in [5.41, 5.74) is 5.09. The molecule has 1 heterocycles. The van der Waals surface area contributed by atoms with Gasteiger partial charge in [-0.3, -0.25) is 9.59 Å². The molecular formula is C9H18N2O2. The average Bonchev–Trinajstić information content (AvgIpc) is 2.55. The molecule has 0 saturated carbocycles. The van der Waals surface area contributed by atoms with E-state index in [0.29, 0.717) is 6.54 Å². The maximum absolute atomic E-state index is 10.9. The number of rotatable bonds is 1. The molecule has 0 radical (unpaired) electrons. The van der Waals surface area contributed by atoms with E-state index in [2.05, 4.69) is 0 Å². The van der Waals surface area contributed by atoms with Crippen LogP contribution < -0.4 is 5.73 Å². The summed E-state index contributed by atoms with van der Waals surface area (Å²) in [5, 5.41) is 0. The Labute approximate surface area is 79.1 Å². The Bertz CT molecular complexity index is 172. The van der Waals surface area contributed by atoms with Crippen LogP contribution in [0.4, 0.5) is 0 Å². The molecule has 0 bridgehead atoms. The molecule has 1 aliphatic heterocycles. The number of nitrogens with two attached hydrogens (primary N) is 1. The number of hydrogen-bond acceptors (Lipinski definition) is 2. The number of carbonyl (C=O) groups is 2. The third-order valence-electron chi connectivity index (χ3n) is 1.99. The van der Waals surface area contributed by atoms with E-state index in [1.807, 2.05) is 13.8 Å². The van der Waals surface area contributed by atoms with Crippen LogP contribution in [-0.4, -0.2) is 29.3 Å². The molecule has 13 heavy (non-hydrogen) atoms. The number of primary amides is 1. The van der Waals surface area contributed by atoms with Crippen LogP contribution >= 0.6 is 0 Å². The summed E-state index contributed by atoms with van der Waals surface area (Å²) >= 11 is 0. The fourth-order valence-corrected chi connectivity index (χ4v) is 1.44. The van der Waals surface area contributed by atoms with Crippen molar-refractivity contribution in [3.05, 3.63) is 0 Å². The fourth-order valence-electron chi connectivity index (χ4n) is 1.44. The SMILES string of the molecule is CC.CC(=O)N1CCCC1C(N)=O. The van der Waals surface area contributed by atoms with Crippen LogP contribution in [0.25, 0.3) is 0 Å². The predicted molar refractivity (Wildman–Crippen MR) is 51.0 cm³/mol. The Balaban J connectivity index is 0.000000671. The minimum atomic E-state index is -0.391. The van der Waals surface area contributed by atoms with Crippen molar-refractivity contribution in [2.45, 2.75) is 39.7 Å². The molecule has 0 aromatic rings. The lowest BCUT2D eigenvalue weighted by molar-refractivity contribution is -0.135. The molecule has 4 nitrogen and oxygen atoms in total. The van der Waals surface area contributed by atoms with E-state index < -0.39 is 5.91 Å².